The lowest BCUT2D eigenvalue weighted by molar-refractivity contribution is 0.222. The number of rotatable bonds is 2. The molecule has 21 heavy (non-hydrogen) atoms. The molecule has 3 rings (SSSR count). The molecule has 0 saturated carbocycles. The second-order valence-electron chi connectivity index (χ2n) is 5.16. The summed E-state index contributed by atoms with van der Waals surface area (Å²) < 4.78 is 28.1. The lowest BCUT2D eigenvalue weighted by Crippen LogP contribution is -2.47. The SMILES string of the molecule is Cc1nn2cc(S(=O)(=O)N3CCN(C)CC3)cnc2c1Cl. The third kappa shape index (κ3) is 2.52. The summed E-state index contributed by atoms with van der Waals surface area (Å²) in [7, 11) is -1.56. The fourth-order valence-corrected chi connectivity index (χ4v) is 3.84. The van der Waals surface area contributed by atoms with Crippen molar-refractivity contribution in [2.45, 2.75) is 11.8 Å². The number of halogens is 1. The van der Waals surface area contributed by atoms with Crippen LogP contribution in [-0.4, -0.2) is 65.4 Å². The predicted molar refractivity (Wildman–Crippen MR) is 79.0 cm³/mol. The number of aromatic nitrogens is 3. The van der Waals surface area contributed by atoms with Gasteiger partial charge in [-0.15, -0.1) is 0 Å². The molecule has 0 aliphatic carbocycles. The van der Waals surface area contributed by atoms with Gasteiger partial charge >= 0.3 is 0 Å². The minimum Gasteiger partial charge on any atom is -0.304 e. The summed E-state index contributed by atoms with van der Waals surface area (Å²) in [5.74, 6) is 0. The van der Waals surface area contributed by atoms with Crippen LogP contribution in [0.3, 0.4) is 0 Å². The number of fused-ring (bicyclic) bond motifs is 1. The molecule has 7 nitrogen and oxygen atoms in total. The Hall–Kier alpha value is -1.22. The van der Waals surface area contributed by atoms with E-state index in [0.717, 1.165) is 13.1 Å². The van der Waals surface area contributed by atoms with Gasteiger partial charge in [-0.25, -0.2) is 17.9 Å². The van der Waals surface area contributed by atoms with Crippen LogP contribution in [0.4, 0.5) is 0 Å². The van der Waals surface area contributed by atoms with Crippen molar-refractivity contribution in [2.75, 3.05) is 33.2 Å². The molecule has 2 aromatic rings. The molecule has 0 atom stereocenters. The first-order valence-corrected chi connectivity index (χ1v) is 8.40. The summed E-state index contributed by atoms with van der Waals surface area (Å²) in [6, 6.07) is 0. The van der Waals surface area contributed by atoms with E-state index in [2.05, 4.69) is 15.0 Å². The molecule has 0 bridgehead atoms. The lowest BCUT2D eigenvalue weighted by Gasteiger charge is -2.31. The second kappa shape index (κ2) is 5.20. The first kappa shape index (κ1) is 14.7. The Kier molecular flexibility index (Phi) is 3.64. The molecule has 1 aliphatic rings. The number of hydrogen-bond acceptors (Lipinski definition) is 5. The first-order chi connectivity index (χ1) is 9.89. The largest absolute Gasteiger partial charge is 0.304 e. The normalized spacial score (nSPS) is 18.4. The molecule has 1 fully saturated rings. The predicted octanol–water partition coefficient (Wildman–Crippen LogP) is 0.627. The van der Waals surface area contributed by atoms with E-state index in [1.54, 1.807) is 6.92 Å². The van der Waals surface area contributed by atoms with Gasteiger partial charge in [-0.3, -0.25) is 0 Å². The van der Waals surface area contributed by atoms with Crippen molar-refractivity contribution in [3.05, 3.63) is 23.1 Å². The van der Waals surface area contributed by atoms with Gasteiger partial charge in [0.15, 0.2) is 5.65 Å². The van der Waals surface area contributed by atoms with E-state index >= 15 is 0 Å². The molecule has 2 aromatic heterocycles. The molecule has 0 amide bonds. The van der Waals surface area contributed by atoms with Gasteiger partial charge in [0.1, 0.15) is 9.92 Å². The molecule has 114 valence electrons. The zero-order valence-corrected chi connectivity index (χ0v) is 13.4. The summed E-state index contributed by atoms with van der Waals surface area (Å²) in [5, 5.41) is 4.62. The summed E-state index contributed by atoms with van der Waals surface area (Å²) in [5.41, 5.74) is 1.09. The number of piperazine rings is 1. The molecule has 0 aromatic carbocycles. The van der Waals surface area contributed by atoms with Crippen LogP contribution in [-0.2, 0) is 10.0 Å². The van der Waals surface area contributed by atoms with Crippen molar-refractivity contribution in [2.24, 2.45) is 0 Å². The van der Waals surface area contributed by atoms with Crippen LogP contribution in [0.15, 0.2) is 17.3 Å². The van der Waals surface area contributed by atoms with Gasteiger partial charge in [-0.1, -0.05) is 11.6 Å². The van der Waals surface area contributed by atoms with Crippen molar-refractivity contribution in [1.29, 1.82) is 0 Å². The van der Waals surface area contributed by atoms with Gasteiger partial charge in [0.05, 0.1) is 18.1 Å². The van der Waals surface area contributed by atoms with Crippen LogP contribution in [0, 0.1) is 6.92 Å². The average molecular weight is 330 g/mol. The molecule has 9 heteroatoms. The molecule has 0 unspecified atom stereocenters. The Morgan fingerprint density at radius 3 is 2.57 bits per heavy atom. The number of sulfonamides is 1. The molecule has 3 heterocycles. The van der Waals surface area contributed by atoms with E-state index < -0.39 is 10.0 Å². The molecule has 0 spiro atoms. The Bertz CT molecular complexity index is 780. The highest BCUT2D eigenvalue weighted by Crippen LogP contribution is 2.22. The van der Waals surface area contributed by atoms with Crippen LogP contribution < -0.4 is 0 Å². The summed E-state index contributed by atoms with van der Waals surface area (Å²) in [4.78, 5) is 6.37. The van der Waals surface area contributed by atoms with Crippen molar-refractivity contribution >= 4 is 27.3 Å². The molecular weight excluding hydrogens is 314 g/mol. The summed E-state index contributed by atoms with van der Waals surface area (Å²) in [6.45, 7) is 4.17. The second-order valence-corrected chi connectivity index (χ2v) is 7.48. The maximum absolute atomic E-state index is 12.6. The molecule has 1 aliphatic heterocycles. The van der Waals surface area contributed by atoms with E-state index in [-0.39, 0.29) is 4.90 Å². The van der Waals surface area contributed by atoms with E-state index in [9.17, 15) is 8.42 Å². The minimum atomic E-state index is -3.54. The topological polar surface area (TPSA) is 70.8 Å². The van der Waals surface area contributed by atoms with Gasteiger partial charge in [0.2, 0.25) is 10.0 Å². The van der Waals surface area contributed by atoms with Gasteiger partial charge in [0, 0.05) is 26.2 Å². The molecular formula is C12H16ClN5O2S. The van der Waals surface area contributed by atoms with E-state index in [1.165, 1.54) is 21.2 Å². The fraction of sp³-hybridized carbons (Fsp3) is 0.500. The summed E-state index contributed by atoms with van der Waals surface area (Å²) in [6.07, 6.45) is 2.81. The van der Waals surface area contributed by atoms with Crippen LogP contribution in [0.1, 0.15) is 5.69 Å². The Morgan fingerprint density at radius 2 is 1.90 bits per heavy atom. The van der Waals surface area contributed by atoms with Crippen molar-refractivity contribution in [1.82, 2.24) is 23.8 Å². The third-order valence-electron chi connectivity index (χ3n) is 3.65. The zero-order chi connectivity index (χ0) is 15.2. The Balaban J connectivity index is 1.99. The van der Waals surface area contributed by atoms with Crippen LogP contribution >= 0.6 is 11.6 Å². The van der Waals surface area contributed by atoms with E-state index in [1.807, 2.05) is 7.05 Å². The standard InChI is InChI=1S/C12H16ClN5O2S/c1-9-11(13)12-14-7-10(8-18(12)15-9)21(19,20)17-5-3-16(2)4-6-17/h7-8H,3-6H2,1-2H3. The highest BCUT2D eigenvalue weighted by Gasteiger charge is 2.28. The van der Waals surface area contributed by atoms with Gasteiger partial charge in [-0.2, -0.15) is 9.40 Å². The number of likely N-dealkylation sites (N-methyl/N-ethyl adjacent to an activating group) is 1. The fourth-order valence-electron chi connectivity index (χ4n) is 2.31. The quantitative estimate of drug-likeness (QED) is 0.808. The van der Waals surface area contributed by atoms with Gasteiger partial charge in [0.25, 0.3) is 0 Å². The molecule has 1 saturated heterocycles. The van der Waals surface area contributed by atoms with Crippen LogP contribution in [0.2, 0.25) is 5.02 Å². The van der Waals surface area contributed by atoms with Gasteiger partial charge < -0.3 is 4.90 Å². The highest BCUT2D eigenvalue weighted by molar-refractivity contribution is 7.89. The first-order valence-electron chi connectivity index (χ1n) is 6.59. The average Bonchev–Trinajstić information content (AvgIpc) is 2.74. The summed E-state index contributed by atoms with van der Waals surface area (Å²) >= 11 is 6.06. The highest BCUT2D eigenvalue weighted by atomic mass is 35.5. The lowest BCUT2D eigenvalue weighted by atomic mass is 10.4. The number of hydrogen-bond donors (Lipinski definition) is 0. The Labute approximate surface area is 128 Å². The maximum atomic E-state index is 12.6. The van der Waals surface area contributed by atoms with Crippen molar-refractivity contribution in [3.63, 3.8) is 0 Å². The monoisotopic (exact) mass is 329 g/mol. The van der Waals surface area contributed by atoms with Crippen LogP contribution in [0.5, 0.6) is 0 Å². The minimum absolute atomic E-state index is 0.138. The maximum Gasteiger partial charge on any atom is 0.246 e. The molecule has 0 N–H and O–H groups in total. The van der Waals surface area contributed by atoms with E-state index in [4.69, 9.17) is 11.6 Å². The Morgan fingerprint density at radius 1 is 1.24 bits per heavy atom. The van der Waals surface area contributed by atoms with Crippen molar-refractivity contribution in [3.8, 4) is 0 Å². The van der Waals surface area contributed by atoms with E-state index in [0.29, 0.717) is 29.5 Å². The van der Waals surface area contributed by atoms with Crippen molar-refractivity contribution < 1.29 is 8.42 Å². The number of nitrogens with zero attached hydrogens (tertiary/aromatic N) is 5. The third-order valence-corrected chi connectivity index (χ3v) is 5.95. The van der Waals surface area contributed by atoms with Gasteiger partial charge in [-0.05, 0) is 14.0 Å². The van der Waals surface area contributed by atoms with Crippen LogP contribution in [0.25, 0.3) is 5.65 Å². The number of aryl methyl sites for hydroxylation is 1. The zero-order valence-electron chi connectivity index (χ0n) is 11.8. The molecule has 0 radical (unpaired) electrons. The smallest absolute Gasteiger partial charge is 0.246 e.